The predicted molar refractivity (Wildman–Crippen MR) is 60.1 cm³/mol. The lowest BCUT2D eigenvalue weighted by Gasteiger charge is -2.07. The van der Waals surface area contributed by atoms with Crippen LogP contribution in [0, 0.1) is 0 Å². The first-order valence-electron chi connectivity index (χ1n) is 4.12. The van der Waals surface area contributed by atoms with Crippen molar-refractivity contribution in [2.75, 3.05) is 0 Å². The average Bonchev–Trinajstić information content (AvgIpc) is 2.11. The molecule has 1 aromatic rings. The maximum Gasteiger partial charge on any atom is 0.304 e. The van der Waals surface area contributed by atoms with Crippen LogP contribution < -0.4 is 5.56 Å². The maximum absolute atomic E-state index is 11.2. The van der Waals surface area contributed by atoms with E-state index in [1.54, 1.807) is 6.92 Å². The highest BCUT2D eigenvalue weighted by Crippen LogP contribution is 2.27. The monoisotopic (exact) mass is 292 g/mol. The second kappa shape index (κ2) is 5.32. The molecule has 5 nitrogen and oxygen atoms in total. The molecule has 0 fully saturated rings. The number of nitrogens with zero attached hydrogens (tertiary/aromatic N) is 1. The molecule has 7 heteroatoms. The number of rotatable bonds is 4. The Morgan fingerprint density at radius 3 is 3.07 bits per heavy atom. The van der Waals surface area contributed by atoms with Crippen LogP contribution in [-0.4, -0.2) is 26.3 Å². The SMILES string of the molecule is CC(CC(=O)O)Sc1nc[nH]c(=O)c1Br. The molecule has 1 heterocycles. The molecule has 0 aromatic carbocycles. The molecule has 0 aliphatic carbocycles. The van der Waals surface area contributed by atoms with Gasteiger partial charge in [0.05, 0.1) is 12.7 Å². The molecular weight excluding hydrogens is 284 g/mol. The van der Waals surface area contributed by atoms with E-state index in [4.69, 9.17) is 5.11 Å². The predicted octanol–water partition coefficient (Wildman–Crippen LogP) is 1.49. The number of halogens is 1. The molecule has 0 radical (unpaired) electrons. The Kier molecular flexibility index (Phi) is 4.34. The minimum absolute atomic E-state index is 0.0333. The van der Waals surface area contributed by atoms with E-state index < -0.39 is 5.97 Å². The van der Waals surface area contributed by atoms with Crippen LogP contribution >= 0.6 is 27.7 Å². The number of carbonyl (C=O) groups is 1. The summed E-state index contributed by atoms with van der Waals surface area (Å²) in [6.07, 6.45) is 1.33. The van der Waals surface area contributed by atoms with Gasteiger partial charge in [-0.3, -0.25) is 9.59 Å². The summed E-state index contributed by atoms with van der Waals surface area (Å²) in [6, 6.07) is 0. The maximum atomic E-state index is 11.2. The van der Waals surface area contributed by atoms with E-state index in [9.17, 15) is 9.59 Å². The highest BCUT2D eigenvalue weighted by atomic mass is 79.9. The van der Waals surface area contributed by atoms with Gasteiger partial charge in [0.1, 0.15) is 9.50 Å². The minimum atomic E-state index is -0.865. The lowest BCUT2D eigenvalue weighted by molar-refractivity contribution is -0.136. The number of aliphatic carboxylic acids is 1. The van der Waals surface area contributed by atoms with Crippen molar-refractivity contribution in [2.24, 2.45) is 0 Å². The Morgan fingerprint density at radius 1 is 1.80 bits per heavy atom. The summed E-state index contributed by atoms with van der Waals surface area (Å²) in [5, 5.41) is 8.95. The number of nitrogens with one attached hydrogen (secondary N) is 1. The minimum Gasteiger partial charge on any atom is -0.481 e. The molecule has 1 rings (SSSR count). The van der Waals surface area contributed by atoms with E-state index in [-0.39, 0.29) is 17.2 Å². The molecule has 0 amide bonds. The van der Waals surface area contributed by atoms with Gasteiger partial charge in [-0.1, -0.05) is 6.92 Å². The summed E-state index contributed by atoms with van der Waals surface area (Å²) in [7, 11) is 0. The molecule has 1 unspecified atom stereocenters. The van der Waals surface area contributed by atoms with Gasteiger partial charge in [-0.15, -0.1) is 11.8 Å². The van der Waals surface area contributed by atoms with Gasteiger partial charge >= 0.3 is 5.97 Å². The zero-order valence-electron chi connectivity index (χ0n) is 7.86. The molecule has 2 N–H and O–H groups in total. The van der Waals surface area contributed by atoms with Crippen LogP contribution in [0.5, 0.6) is 0 Å². The molecule has 0 saturated carbocycles. The molecule has 82 valence electrons. The van der Waals surface area contributed by atoms with Crippen molar-refractivity contribution < 1.29 is 9.90 Å². The van der Waals surface area contributed by atoms with Crippen molar-refractivity contribution in [1.82, 2.24) is 9.97 Å². The van der Waals surface area contributed by atoms with Gasteiger partial charge in [0, 0.05) is 5.25 Å². The second-order valence-electron chi connectivity index (χ2n) is 2.88. The molecule has 1 atom stereocenters. The van der Waals surface area contributed by atoms with E-state index in [0.717, 1.165) is 0 Å². The van der Waals surface area contributed by atoms with Gasteiger partial charge in [0.2, 0.25) is 0 Å². The quantitative estimate of drug-likeness (QED) is 0.649. The zero-order valence-corrected chi connectivity index (χ0v) is 10.3. The van der Waals surface area contributed by atoms with Crippen LogP contribution in [0.4, 0.5) is 0 Å². The van der Waals surface area contributed by atoms with Gasteiger partial charge < -0.3 is 10.1 Å². The Morgan fingerprint density at radius 2 is 2.47 bits per heavy atom. The molecular formula is C8H9BrN2O3S. The third-order valence-corrected chi connectivity index (χ3v) is 3.64. The van der Waals surface area contributed by atoms with Crippen molar-refractivity contribution in [3.63, 3.8) is 0 Å². The number of carboxylic acid groups (broad SMARTS) is 1. The first-order valence-corrected chi connectivity index (χ1v) is 5.79. The molecule has 0 saturated heterocycles. The van der Waals surface area contributed by atoms with Gasteiger partial charge in [-0.05, 0) is 15.9 Å². The van der Waals surface area contributed by atoms with Crippen molar-refractivity contribution in [3.8, 4) is 0 Å². The highest BCUT2D eigenvalue weighted by Gasteiger charge is 2.13. The molecule has 0 bridgehead atoms. The van der Waals surface area contributed by atoms with Gasteiger partial charge in [-0.25, -0.2) is 4.98 Å². The number of hydrogen-bond donors (Lipinski definition) is 2. The lowest BCUT2D eigenvalue weighted by atomic mass is 10.3. The van der Waals surface area contributed by atoms with Gasteiger partial charge in [0.25, 0.3) is 5.56 Å². The molecule has 1 aromatic heterocycles. The van der Waals surface area contributed by atoms with E-state index in [1.165, 1.54) is 18.1 Å². The fraction of sp³-hybridized carbons (Fsp3) is 0.375. The van der Waals surface area contributed by atoms with Gasteiger partial charge in [0.15, 0.2) is 0 Å². The number of thioether (sulfide) groups is 1. The number of hydrogen-bond acceptors (Lipinski definition) is 4. The Balaban J connectivity index is 2.76. The normalized spacial score (nSPS) is 12.4. The fourth-order valence-electron chi connectivity index (χ4n) is 0.927. The van der Waals surface area contributed by atoms with Crippen molar-refractivity contribution in [3.05, 3.63) is 21.2 Å². The van der Waals surface area contributed by atoms with Crippen molar-refractivity contribution in [2.45, 2.75) is 23.6 Å². The van der Waals surface area contributed by atoms with Crippen LogP contribution in [0.15, 0.2) is 20.6 Å². The smallest absolute Gasteiger partial charge is 0.304 e. The third-order valence-electron chi connectivity index (χ3n) is 1.54. The average molecular weight is 293 g/mol. The summed E-state index contributed by atoms with van der Waals surface area (Å²) in [4.78, 5) is 28.0. The lowest BCUT2D eigenvalue weighted by Crippen LogP contribution is -2.11. The number of aromatic amines is 1. The van der Waals surface area contributed by atoms with E-state index in [2.05, 4.69) is 25.9 Å². The zero-order chi connectivity index (χ0) is 11.4. The van der Waals surface area contributed by atoms with E-state index in [0.29, 0.717) is 9.50 Å². The van der Waals surface area contributed by atoms with Crippen LogP contribution in [0.25, 0.3) is 0 Å². The molecule has 0 aliphatic heterocycles. The second-order valence-corrected chi connectivity index (χ2v) is 5.10. The summed E-state index contributed by atoms with van der Waals surface area (Å²) >= 11 is 4.35. The van der Waals surface area contributed by atoms with Crippen LogP contribution in [0.2, 0.25) is 0 Å². The fourth-order valence-corrected chi connectivity index (χ4v) is 2.34. The largest absolute Gasteiger partial charge is 0.481 e. The number of carboxylic acids is 1. The molecule has 0 aliphatic rings. The molecule has 0 spiro atoms. The summed E-state index contributed by atoms with van der Waals surface area (Å²) in [5.74, 6) is -0.865. The summed E-state index contributed by atoms with van der Waals surface area (Å²) < 4.78 is 0.340. The van der Waals surface area contributed by atoms with Crippen LogP contribution in [-0.2, 0) is 4.79 Å². The topological polar surface area (TPSA) is 83.0 Å². The number of H-pyrrole nitrogens is 1. The summed E-state index contributed by atoms with van der Waals surface area (Å²) in [6.45, 7) is 1.77. The highest BCUT2D eigenvalue weighted by molar-refractivity contribution is 9.10. The third kappa shape index (κ3) is 3.67. The molecule has 15 heavy (non-hydrogen) atoms. The van der Waals surface area contributed by atoms with Crippen LogP contribution in [0.3, 0.4) is 0 Å². The standard InChI is InChI=1S/C8H9BrN2O3S/c1-4(2-5(12)13)15-8-6(9)7(14)10-3-11-8/h3-4H,2H2,1H3,(H,12,13)(H,10,11,14). The summed E-state index contributed by atoms with van der Waals surface area (Å²) in [5.41, 5.74) is -0.268. The Bertz CT molecular complexity index is 421. The van der Waals surface area contributed by atoms with Crippen molar-refractivity contribution >= 4 is 33.7 Å². The van der Waals surface area contributed by atoms with E-state index >= 15 is 0 Å². The van der Waals surface area contributed by atoms with Crippen molar-refractivity contribution in [1.29, 1.82) is 0 Å². The van der Waals surface area contributed by atoms with E-state index in [1.807, 2.05) is 0 Å². The Hall–Kier alpha value is -0.820. The van der Waals surface area contributed by atoms with Gasteiger partial charge in [-0.2, -0.15) is 0 Å². The Labute approximate surface area is 98.4 Å². The first kappa shape index (κ1) is 12.3. The first-order chi connectivity index (χ1) is 7.00. The number of aromatic nitrogens is 2. The van der Waals surface area contributed by atoms with Crippen LogP contribution in [0.1, 0.15) is 13.3 Å².